The maximum atomic E-state index is 12.6. The molecule has 4 heterocycles. The molecule has 0 radical (unpaired) electrons. The first-order valence-corrected chi connectivity index (χ1v) is 10.3. The SMILES string of the molecule is C=c1nns/c1=c1\[nH][nH]c(=O)\c1=C/c1cn(C)c2cccc(OCc3ccccn3)c12. The van der Waals surface area contributed by atoms with Gasteiger partial charge in [-0.05, 0) is 41.9 Å². The van der Waals surface area contributed by atoms with Crippen LogP contribution in [0.25, 0.3) is 23.6 Å². The van der Waals surface area contributed by atoms with Gasteiger partial charge in [0, 0.05) is 30.4 Å². The molecule has 0 aliphatic heterocycles. The minimum atomic E-state index is -0.230. The molecule has 4 aromatic heterocycles. The third-order valence-corrected chi connectivity index (χ3v) is 5.79. The van der Waals surface area contributed by atoms with Gasteiger partial charge in [-0.15, -0.1) is 5.10 Å². The number of H-pyrrole nitrogens is 2. The average Bonchev–Trinajstić information content (AvgIpc) is 3.46. The average molecular weight is 430 g/mol. The summed E-state index contributed by atoms with van der Waals surface area (Å²) in [6, 6.07) is 11.6. The van der Waals surface area contributed by atoms with Crippen molar-refractivity contribution in [3.63, 3.8) is 0 Å². The number of aryl methyl sites for hydroxylation is 1. The van der Waals surface area contributed by atoms with Crippen molar-refractivity contribution in [2.24, 2.45) is 7.05 Å². The highest BCUT2D eigenvalue weighted by atomic mass is 32.1. The van der Waals surface area contributed by atoms with Crippen LogP contribution >= 0.6 is 11.5 Å². The van der Waals surface area contributed by atoms with Crippen LogP contribution in [-0.2, 0) is 13.7 Å². The molecular weight excluding hydrogens is 412 g/mol. The van der Waals surface area contributed by atoms with Crippen molar-refractivity contribution in [1.29, 1.82) is 0 Å². The van der Waals surface area contributed by atoms with E-state index in [9.17, 15) is 4.79 Å². The summed E-state index contributed by atoms with van der Waals surface area (Å²) in [5, 5.41) is 12.1. The standard InChI is InChI=1S/C22H18N6O2S/c1-13-21(31-27-24-13)20-16(22(29)26-25-20)10-14-11-28(2)17-7-5-8-18(19(14)17)30-12-15-6-3-4-9-23-15/h3-11,25H,1,12H2,2H3,(H,26,29)/b16-10-,21-20-. The quantitative estimate of drug-likeness (QED) is 0.451. The molecule has 9 heteroatoms. The van der Waals surface area contributed by atoms with Gasteiger partial charge in [0.1, 0.15) is 22.2 Å². The number of aromatic nitrogens is 6. The molecule has 0 saturated carbocycles. The Kier molecular flexibility index (Phi) is 4.72. The molecule has 154 valence electrons. The van der Waals surface area contributed by atoms with Crippen molar-refractivity contribution in [2.75, 3.05) is 0 Å². The van der Waals surface area contributed by atoms with Gasteiger partial charge in [-0.2, -0.15) is 0 Å². The molecule has 0 aliphatic carbocycles. The highest BCUT2D eigenvalue weighted by molar-refractivity contribution is 7.03. The maximum absolute atomic E-state index is 12.6. The first kappa shape index (κ1) is 19.0. The summed E-state index contributed by atoms with van der Waals surface area (Å²) in [6.07, 6.45) is 5.57. The second kappa shape index (κ2) is 7.69. The van der Waals surface area contributed by atoms with E-state index in [4.69, 9.17) is 4.74 Å². The van der Waals surface area contributed by atoms with Gasteiger partial charge in [0.2, 0.25) is 0 Å². The van der Waals surface area contributed by atoms with E-state index in [-0.39, 0.29) is 5.56 Å². The van der Waals surface area contributed by atoms with Crippen LogP contribution in [0.4, 0.5) is 0 Å². The zero-order valence-electron chi connectivity index (χ0n) is 16.6. The highest BCUT2D eigenvalue weighted by Crippen LogP contribution is 2.31. The smallest absolute Gasteiger partial charge is 0.271 e. The summed E-state index contributed by atoms with van der Waals surface area (Å²) in [4.78, 5) is 16.9. The monoisotopic (exact) mass is 430 g/mol. The van der Waals surface area contributed by atoms with Crippen LogP contribution in [0, 0.1) is 9.88 Å². The summed E-state index contributed by atoms with van der Waals surface area (Å²) in [5.41, 5.74) is 2.47. The predicted molar refractivity (Wildman–Crippen MR) is 119 cm³/mol. The predicted octanol–water partition coefficient (Wildman–Crippen LogP) is 1.55. The van der Waals surface area contributed by atoms with Crippen LogP contribution in [-0.4, -0.2) is 29.3 Å². The number of ether oxygens (including phenoxy) is 1. The van der Waals surface area contributed by atoms with Crippen LogP contribution in [0.5, 0.6) is 5.75 Å². The second-order valence-corrected chi connectivity index (χ2v) is 7.77. The van der Waals surface area contributed by atoms with E-state index in [1.165, 1.54) is 11.5 Å². The number of nitrogens with one attached hydrogen (secondary N) is 2. The normalized spacial score (nSPS) is 13.1. The first-order chi connectivity index (χ1) is 15.1. The van der Waals surface area contributed by atoms with Crippen LogP contribution in [0.3, 0.4) is 0 Å². The van der Waals surface area contributed by atoms with Gasteiger partial charge in [0.05, 0.1) is 21.8 Å². The molecule has 0 unspecified atom stereocenters. The number of hydrogen-bond acceptors (Lipinski definition) is 6. The molecule has 5 aromatic rings. The Bertz CT molecular complexity index is 1650. The number of nitrogens with zero attached hydrogens (tertiary/aromatic N) is 4. The van der Waals surface area contributed by atoms with Crippen LogP contribution < -0.4 is 20.9 Å². The minimum Gasteiger partial charge on any atom is -0.487 e. The Morgan fingerprint density at radius 2 is 2.13 bits per heavy atom. The van der Waals surface area contributed by atoms with Crippen molar-refractivity contribution in [3.8, 4) is 5.75 Å². The lowest BCUT2D eigenvalue weighted by Gasteiger charge is -2.08. The topological polar surface area (TPSA) is 101 Å². The lowest BCUT2D eigenvalue weighted by Crippen LogP contribution is -2.22. The third-order valence-electron chi connectivity index (χ3n) is 5.00. The number of rotatable bonds is 4. The summed E-state index contributed by atoms with van der Waals surface area (Å²) in [7, 11) is 1.96. The number of pyridine rings is 1. The third kappa shape index (κ3) is 3.44. The number of hydrogen-bond donors (Lipinski definition) is 2. The van der Waals surface area contributed by atoms with E-state index in [0.717, 1.165) is 32.4 Å². The lowest BCUT2D eigenvalue weighted by molar-refractivity contribution is 0.305. The summed E-state index contributed by atoms with van der Waals surface area (Å²) in [5.74, 6) is 0.723. The molecule has 2 N–H and O–H groups in total. The fourth-order valence-electron chi connectivity index (χ4n) is 3.55. The molecule has 0 spiro atoms. The van der Waals surface area contributed by atoms with Crippen molar-refractivity contribution < 1.29 is 4.74 Å². The highest BCUT2D eigenvalue weighted by Gasteiger charge is 2.12. The van der Waals surface area contributed by atoms with Crippen LogP contribution in [0.2, 0.25) is 0 Å². The fourth-order valence-corrected chi connectivity index (χ4v) is 4.17. The fraction of sp³-hybridized carbons (Fsp3) is 0.0909. The van der Waals surface area contributed by atoms with Crippen molar-refractivity contribution in [3.05, 3.63) is 90.9 Å². The van der Waals surface area contributed by atoms with Crippen molar-refractivity contribution in [2.45, 2.75) is 6.61 Å². The molecule has 8 nitrogen and oxygen atoms in total. The second-order valence-electron chi connectivity index (χ2n) is 7.02. The Labute approximate surface area is 179 Å². The van der Waals surface area contributed by atoms with Crippen molar-refractivity contribution in [1.82, 2.24) is 29.3 Å². The minimum absolute atomic E-state index is 0.230. The Balaban J connectivity index is 1.72. The van der Waals surface area contributed by atoms with E-state index in [0.29, 0.717) is 22.5 Å². The lowest BCUT2D eigenvalue weighted by atomic mass is 10.1. The van der Waals surface area contributed by atoms with Gasteiger partial charge in [0.25, 0.3) is 5.56 Å². The van der Waals surface area contributed by atoms with E-state index in [1.54, 1.807) is 6.20 Å². The van der Waals surface area contributed by atoms with Gasteiger partial charge >= 0.3 is 0 Å². The first-order valence-electron chi connectivity index (χ1n) is 9.52. The molecule has 0 amide bonds. The number of aromatic amines is 2. The summed E-state index contributed by atoms with van der Waals surface area (Å²) >= 11 is 1.19. The summed E-state index contributed by atoms with van der Waals surface area (Å²) < 4.78 is 12.8. The van der Waals surface area contributed by atoms with Gasteiger partial charge in [0.15, 0.2) is 0 Å². The van der Waals surface area contributed by atoms with E-state index in [1.807, 2.05) is 60.3 Å². The zero-order valence-corrected chi connectivity index (χ0v) is 17.4. The molecule has 5 rings (SSSR count). The molecule has 1 aromatic carbocycles. The van der Waals surface area contributed by atoms with Crippen molar-refractivity contribution >= 4 is 35.1 Å². The molecule has 0 aliphatic rings. The molecule has 0 bridgehead atoms. The van der Waals surface area contributed by atoms with E-state index in [2.05, 4.69) is 31.3 Å². The van der Waals surface area contributed by atoms with Gasteiger partial charge < -0.3 is 9.30 Å². The largest absolute Gasteiger partial charge is 0.487 e. The zero-order chi connectivity index (χ0) is 21.4. The Morgan fingerprint density at radius 3 is 2.90 bits per heavy atom. The van der Waals surface area contributed by atoms with Crippen LogP contribution in [0.1, 0.15) is 11.3 Å². The van der Waals surface area contributed by atoms with E-state index >= 15 is 0 Å². The molecule has 0 atom stereocenters. The van der Waals surface area contributed by atoms with E-state index < -0.39 is 0 Å². The molecule has 0 fully saturated rings. The van der Waals surface area contributed by atoms with Gasteiger partial charge in [-0.1, -0.05) is 23.2 Å². The number of fused-ring (bicyclic) bond motifs is 1. The molecule has 31 heavy (non-hydrogen) atoms. The van der Waals surface area contributed by atoms with Crippen LogP contribution in [0.15, 0.2) is 53.6 Å². The van der Waals surface area contributed by atoms with Gasteiger partial charge in [-0.25, -0.2) is 0 Å². The summed E-state index contributed by atoms with van der Waals surface area (Å²) in [6.45, 7) is 4.24. The Morgan fingerprint density at radius 1 is 1.23 bits per heavy atom. The maximum Gasteiger partial charge on any atom is 0.271 e. The molecule has 0 saturated heterocycles. The van der Waals surface area contributed by atoms with Gasteiger partial charge in [-0.3, -0.25) is 20.0 Å². The number of benzene rings is 1. The Hall–Kier alpha value is -3.98. The molecular formula is C22H18N6O2S.